The fraction of sp³-hybridized carbons (Fsp3) is 0.286. The minimum atomic E-state index is 0.0165. The lowest BCUT2D eigenvalue weighted by molar-refractivity contribution is -0.139. The molecule has 1 aliphatic rings. The number of aromatic nitrogens is 1. The Bertz CT molecular complexity index is 941. The minimum absolute atomic E-state index is 0.0165. The Morgan fingerprint density at radius 2 is 1.77 bits per heavy atom. The van der Waals surface area contributed by atoms with Crippen LogP contribution in [0.3, 0.4) is 0 Å². The summed E-state index contributed by atoms with van der Waals surface area (Å²) in [5.74, 6) is 1.58. The highest BCUT2D eigenvalue weighted by Gasteiger charge is 2.33. The van der Waals surface area contributed by atoms with E-state index >= 15 is 0 Å². The molecule has 0 unspecified atom stereocenters. The van der Waals surface area contributed by atoms with E-state index in [1.165, 1.54) is 0 Å². The Morgan fingerprint density at radius 3 is 2.54 bits per heavy atom. The summed E-state index contributed by atoms with van der Waals surface area (Å²) in [6, 6.07) is 15.8. The molecule has 0 atom stereocenters. The van der Waals surface area contributed by atoms with Crippen LogP contribution in [0.15, 0.2) is 54.7 Å². The molecule has 2 aromatic carbocycles. The number of para-hydroxylation sites is 3. The van der Waals surface area contributed by atoms with Crippen LogP contribution in [0.5, 0.6) is 11.5 Å². The number of ether oxygens (including phenoxy) is 2. The van der Waals surface area contributed by atoms with Gasteiger partial charge in [0.1, 0.15) is 6.10 Å². The largest absolute Gasteiger partial charge is 0.493 e. The van der Waals surface area contributed by atoms with Crippen LogP contribution in [0.4, 0.5) is 0 Å². The Kier molecular flexibility index (Phi) is 4.29. The maximum absolute atomic E-state index is 12.6. The summed E-state index contributed by atoms with van der Waals surface area (Å²) in [5.41, 5.74) is 2.22. The van der Waals surface area contributed by atoms with E-state index in [0.717, 1.165) is 22.2 Å². The Hall–Kier alpha value is -2.95. The third-order valence-electron chi connectivity index (χ3n) is 4.88. The van der Waals surface area contributed by atoms with E-state index < -0.39 is 0 Å². The molecule has 0 radical (unpaired) electrons. The maximum atomic E-state index is 12.6. The van der Waals surface area contributed by atoms with E-state index in [-0.39, 0.29) is 12.0 Å². The highest BCUT2D eigenvalue weighted by atomic mass is 16.5. The molecule has 1 saturated heterocycles. The van der Waals surface area contributed by atoms with Gasteiger partial charge >= 0.3 is 0 Å². The van der Waals surface area contributed by atoms with Gasteiger partial charge in [-0.1, -0.05) is 30.3 Å². The molecule has 0 aliphatic carbocycles. The molecule has 5 heteroatoms. The number of hydrogen-bond acceptors (Lipinski definition) is 3. The molecule has 5 nitrogen and oxygen atoms in total. The second-order valence-corrected chi connectivity index (χ2v) is 6.65. The van der Waals surface area contributed by atoms with Crippen LogP contribution in [-0.4, -0.2) is 41.7 Å². The molecule has 1 aliphatic heterocycles. The van der Waals surface area contributed by atoms with Gasteiger partial charge in [0.05, 0.1) is 26.6 Å². The molecule has 0 N–H and O–H groups in total. The smallest absolute Gasteiger partial charge is 0.227 e. The molecule has 26 heavy (non-hydrogen) atoms. The number of carbonyl (C=O) groups is 1. The number of methoxy groups -OCH3 is 1. The zero-order valence-electron chi connectivity index (χ0n) is 15.0. The summed E-state index contributed by atoms with van der Waals surface area (Å²) in [6.07, 6.45) is 2.48. The van der Waals surface area contributed by atoms with Gasteiger partial charge in [0.2, 0.25) is 5.91 Å². The predicted molar refractivity (Wildman–Crippen MR) is 101 cm³/mol. The van der Waals surface area contributed by atoms with Crippen molar-refractivity contribution in [3.05, 3.63) is 60.3 Å². The van der Waals surface area contributed by atoms with Crippen LogP contribution < -0.4 is 9.47 Å². The van der Waals surface area contributed by atoms with E-state index in [2.05, 4.69) is 16.7 Å². The molecule has 4 rings (SSSR count). The lowest BCUT2D eigenvalue weighted by atomic mass is 10.1. The van der Waals surface area contributed by atoms with Crippen molar-refractivity contribution in [2.75, 3.05) is 20.2 Å². The number of aryl methyl sites for hydroxylation is 1. The first-order valence-corrected chi connectivity index (χ1v) is 8.76. The summed E-state index contributed by atoms with van der Waals surface area (Å²) in [6.45, 7) is 1.23. The second kappa shape index (κ2) is 6.75. The maximum Gasteiger partial charge on any atom is 0.227 e. The molecule has 0 saturated carbocycles. The molecule has 1 aromatic heterocycles. The molecule has 134 valence electrons. The van der Waals surface area contributed by atoms with Gasteiger partial charge < -0.3 is 18.9 Å². The van der Waals surface area contributed by atoms with Crippen molar-refractivity contribution in [1.29, 1.82) is 0 Å². The third kappa shape index (κ3) is 3.01. The number of likely N-dealkylation sites (tertiary alicyclic amines) is 1. The van der Waals surface area contributed by atoms with Crippen molar-refractivity contribution in [3.8, 4) is 11.5 Å². The number of nitrogens with zero attached hydrogens (tertiary/aromatic N) is 2. The number of rotatable bonds is 5. The topological polar surface area (TPSA) is 43.7 Å². The standard InChI is InChI=1S/C21H22N2O3/c1-22-12-15(17-7-3-4-8-18(17)22)11-21(24)23-13-16(14-23)26-20-10-6-5-9-19(20)25-2/h3-10,12,16H,11,13-14H2,1-2H3. The van der Waals surface area contributed by atoms with Crippen LogP contribution >= 0.6 is 0 Å². The Morgan fingerprint density at radius 1 is 1.08 bits per heavy atom. The second-order valence-electron chi connectivity index (χ2n) is 6.65. The van der Waals surface area contributed by atoms with Crippen molar-refractivity contribution in [1.82, 2.24) is 9.47 Å². The van der Waals surface area contributed by atoms with Crippen molar-refractivity contribution in [2.24, 2.45) is 7.05 Å². The molecule has 0 spiro atoms. The van der Waals surface area contributed by atoms with Gasteiger partial charge in [-0.3, -0.25) is 4.79 Å². The molecule has 2 heterocycles. The van der Waals surface area contributed by atoms with Gasteiger partial charge in [0.15, 0.2) is 11.5 Å². The Labute approximate surface area is 152 Å². The fourth-order valence-corrected chi connectivity index (χ4v) is 3.45. The van der Waals surface area contributed by atoms with Gasteiger partial charge in [-0.15, -0.1) is 0 Å². The summed E-state index contributed by atoms with van der Waals surface area (Å²) in [7, 11) is 3.64. The molecule has 1 fully saturated rings. The zero-order valence-corrected chi connectivity index (χ0v) is 15.0. The van der Waals surface area contributed by atoms with Gasteiger partial charge in [-0.25, -0.2) is 0 Å². The normalized spacial score (nSPS) is 14.3. The van der Waals surface area contributed by atoms with Crippen molar-refractivity contribution >= 4 is 16.8 Å². The Balaban J connectivity index is 1.37. The minimum Gasteiger partial charge on any atom is -0.493 e. The van der Waals surface area contributed by atoms with Crippen molar-refractivity contribution < 1.29 is 14.3 Å². The van der Waals surface area contributed by atoms with E-state index in [9.17, 15) is 4.79 Å². The van der Waals surface area contributed by atoms with E-state index in [1.807, 2.05) is 54.5 Å². The first-order valence-electron chi connectivity index (χ1n) is 8.76. The average Bonchev–Trinajstić information content (AvgIpc) is 2.94. The number of carbonyl (C=O) groups excluding carboxylic acids is 1. The summed E-state index contributed by atoms with van der Waals surface area (Å²) < 4.78 is 13.3. The van der Waals surface area contributed by atoms with E-state index in [0.29, 0.717) is 25.3 Å². The van der Waals surface area contributed by atoms with Crippen molar-refractivity contribution in [2.45, 2.75) is 12.5 Å². The van der Waals surface area contributed by atoms with E-state index in [1.54, 1.807) is 7.11 Å². The van der Waals surface area contributed by atoms with Crippen LogP contribution in [0.2, 0.25) is 0 Å². The number of benzene rings is 2. The molecule has 1 amide bonds. The molecular formula is C21H22N2O3. The SMILES string of the molecule is COc1ccccc1OC1CN(C(=O)Cc2cn(C)c3ccccc23)C1. The number of hydrogen-bond donors (Lipinski definition) is 0. The quantitative estimate of drug-likeness (QED) is 0.710. The van der Waals surface area contributed by atoms with Gasteiger partial charge in [0, 0.05) is 24.1 Å². The van der Waals surface area contributed by atoms with Gasteiger partial charge in [-0.05, 0) is 23.8 Å². The average molecular weight is 350 g/mol. The lowest BCUT2D eigenvalue weighted by Crippen LogP contribution is -2.56. The van der Waals surface area contributed by atoms with E-state index in [4.69, 9.17) is 9.47 Å². The first kappa shape index (κ1) is 16.5. The molecular weight excluding hydrogens is 328 g/mol. The van der Waals surface area contributed by atoms with Gasteiger partial charge in [0.25, 0.3) is 0 Å². The lowest BCUT2D eigenvalue weighted by Gasteiger charge is -2.39. The van der Waals surface area contributed by atoms with Crippen molar-refractivity contribution in [3.63, 3.8) is 0 Å². The zero-order chi connectivity index (χ0) is 18.1. The third-order valence-corrected chi connectivity index (χ3v) is 4.88. The highest BCUT2D eigenvalue weighted by Crippen LogP contribution is 2.29. The summed E-state index contributed by atoms with van der Waals surface area (Å²) in [5, 5.41) is 1.14. The summed E-state index contributed by atoms with van der Waals surface area (Å²) >= 11 is 0. The molecule has 0 bridgehead atoms. The van der Waals surface area contributed by atoms with Crippen LogP contribution in [0.25, 0.3) is 10.9 Å². The van der Waals surface area contributed by atoms with Gasteiger partial charge in [-0.2, -0.15) is 0 Å². The number of fused-ring (bicyclic) bond motifs is 1. The van der Waals surface area contributed by atoms with Crippen LogP contribution in [0.1, 0.15) is 5.56 Å². The van der Waals surface area contributed by atoms with Crippen LogP contribution in [-0.2, 0) is 18.3 Å². The predicted octanol–water partition coefficient (Wildman–Crippen LogP) is 3.02. The monoisotopic (exact) mass is 350 g/mol. The first-order chi connectivity index (χ1) is 12.7. The molecule has 3 aromatic rings. The summed E-state index contributed by atoms with van der Waals surface area (Å²) in [4.78, 5) is 14.5. The highest BCUT2D eigenvalue weighted by molar-refractivity contribution is 5.89. The number of amides is 1. The van der Waals surface area contributed by atoms with Crippen LogP contribution in [0, 0.1) is 0 Å². The fourth-order valence-electron chi connectivity index (χ4n) is 3.45.